The second-order valence-corrected chi connectivity index (χ2v) is 7.09. The Morgan fingerprint density at radius 2 is 2.15 bits per heavy atom. The number of amides is 2. The minimum atomic E-state index is -0.101. The quantitative estimate of drug-likeness (QED) is 0.823. The lowest BCUT2D eigenvalue weighted by atomic mass is 10.1. The molecular formula is C19H22ClN3O3. The molecule has 0 aliphatic carbocycles. The molecule has 0 unspecified atom stereocenters. The number of carbonyl (C=O) groups excluding carboxylic acids is 2. The molecule has 0 N–H and O–H groups in total. The summed E-state index contributed by atoms with van der Waals surface area (Å²) in [6.07, 6.45) is 0.896. The van der Waals surface area contributed by atoms with Crippen molar-refractivity contribution in [2.24, 2.45) is 0 Å². The summed E-state index contributed by atoms with van der Waals surface area (Å²) >= 11 is 6.03. The normalized spacial score (nSPS) is 17.7. The van der Waals surface area contributed by atoms with Crippen LogP contribution in [-0.4, -0.2) is 41.0 Å². The Morgan fingerprint density at radius 1 is 1.38 bits per heavy atom. The van der Waals surface area contributed by atoms with Gasteiger partial charge in [-0.05, 0) is 45.4 Å². The summed E-state index contributed by atoms with van der Waals surface area (Å²) in [5.41, 5.74) is 2.54. The lowest BCUT2D eigenvalue weighted by Gasteiger charge is -2.39. The summed E-state index contributed by atoms with van der Waals surface area (Å²) in [5.74, 6) is 0.609. The summed E-state index contributed by atoms with van der Waals surface area (Å²) in [6, 6.07) is 7.14. The molecule has 0 bridgehead atoms. The van der Waals surface area contributed by atoms with Crippen LogP contribution in [0.25, 0.3) is 0 Å². The largest absolute Gasteiger partial charge is 0.361 e. The van der Waals surface area contributed by atoms with Gasteiger partial charge < -0.3 is 14.3 Å². The fraction of sp³-hybridized carbons (Fsp3) is 0.421. The first-order valence-corrected chi connectivity index (χ1v) is 9.01. The van der Waals surface area contributed by atoms with Crippen molar-refractivity contribution < 1.29 is 14.1 Å². The Kier molecular flexibility index (Phi) is 5.32. The number of piperazine rings is 1. The molecule has 1 atom stereocenters. The van der Waals surface area contributed by atoms with E-state index in [9.17, 15) is 9.59 Å². The molecule has 0 saturated carbocycles. The minimum Gasteiger partial charge on any atom is -0.361 e. The van der Waals surface area contributed by atoms with Crippen molar-refractivity contribution in [1.29, 1.82) is 0 Å². The molecule has 1 saturated heterocycles. The predicted molar refractivity (Wildman–Crippen MR) is 99.3 cm³/mol. The van der Waals surface area contributed by atoms with Crippen molar-refractivity contribution in [3.05, 3.63) is 46.3 Å². The number of aryl methyl sites for hydroxylation is 2. The van der Waals surface area contributed by atoms with Gasteiger partial charge in [0.15, 0.2) is 0 Å². The van der Waals surface area contributed by atoms with Gasteiger partial charge in [0.2, 0.25) is 11.8 Å². The van der Waals surface area contributed by atoms with E-state index in [1.165, 1.54) is 0 Å². The Labute approximate surface area is 157 Å². The molecule has 1 aliphatic heterocycles. The van der Waals surface area contributed by atoms with Crippen LogP contribution in [0.15, 0.2) is 28.8 Å². The number of nitrogens with zero attached hydrogens (tertiary/aromatic N) is 3. The predicted octanol–water partition coefficient (Wildman–Crippen LogP) is 3.14. The lowest BCUT2D eigenvalue weighted by molar-refractivity contribution is -0.139. The first kappa shape index (κ1) is 18.5. The van der Waals surface area contributed by atoms with Gasteiger partial charge in [-0.25, -0.2) is 0 Å². The fourth-order valence-corrected chi connectivity index (χ4v) is 3.50. The molecule has 2 aromatic rings. The zero-order valence-corrected chi connectivity index (χ0v) is 15.9. The molecule has 1 aliphatic rings. The van der Waals surface area contributed by atoms with E-state index in [0.717, 1.165) is 22.7 Å². The highest BCUT2D eigenvalue weighted by atomic mass is 35.5. The molecule has 0 radical (unpaired) electrons. The van der Waals surface area contributed by atoms with Crippen LogP contribution in [0.4, 0.5) is 5.69 Å². The summed E-state index contributed by atoms with van der Waals surface area (Å²) < 4.78 is 5.14. The molecule has 1 aromatic heterocycles. The standard InChI is InChI=1S/C19H22ClN3O3/c1-12-10-23(16-6-4-5-15(20)9-16)19(25)11-22(12)18(24)8-7-17-13(2)21-26-14(17)3/h4-6,9,12H,7-8,10-11H2,1-3H3/t12-/m1/s1. The number of anilines is 1. The van der Waals surface area contributed by atoms with Gasteiger partial charge in [-0.15, -0.1) is 0 Å². The lowest BCUT2D eigenvalue weighted by Crippen LogP contribution is -2.57. The summed E-state index contributed by atoms with van der Waals surface area (Å²) in [4.78, 5) is 28.6. The van der Waals surface area contributed by atoms with Gasteiger partial charge in [0.05, 0.1) is 5.69 Å². The third-order valence-corrected chi connectivity index (χ3v) is 5.03. The molecule has 6 nitrogen and oxygen atoms in total. The van der Waals surface area contributed by atoms with Crippen LogP contribution in [0.2, 0.25) is 5.02 Å². The van der Waals surface area contributed by atoms with Crippen LogP contribution in [0.1, 0.15) is 30.4 Å². The van der Waals surface area contributed by atoms with Gasteiger partial charge >= 0.3 is 0 Å². The molecule has 0 spiro atoms. The molecule has 7 heteroatoms. The van der Waals surface area contributed by atoms with Gasteiger partial charge in [0, 0.05) is 35.3 Å². The number of halogens is 1. The van der Waals surface area contributed by atoms with Crippen molar-refractivity contribution >= 4 is 29.1 Å². The van der Waals surface area contributed by atoms with Gasteiger partial charge in [0.1, 0.15) is 12.3 Å². The van der Waals surface area contributed by atoms with E-state index in [1.807, 2.05) is 32.9 Å². The highest BCUT2D eigenvalue weighted by molar-refractivity contribution is 6.30. The number of hydrogen-bond donors (Lipinski definition) is 0. The number of hydrogen-bond acceptors (Lipinski definition) is 4. The van der Waals surface area contributed by atoms with Crippen LogP contribution in [0, 0.1) is 13.8 Å². The molecule has 2 heterocycles. The van der Waals surface area contributed by atoms with Crippen molar-refractivity contribution in [2.45, 2.75) is 39.7 Å². The van der Waals surface area contributed by atoms with E-state index in [2.05, 4.69) is 5.16 Å². The highest BCUT2D eigenvalue weighted by Gasteiger charge is 2.33. The third kappa shape index (κ3) is 3.75. The van der Waals surface area contributed by atoms with Gasteiger partial charge in [0.25, 0.3) is 0 Å². The molecule has 138 valence electrons. The van der Waals surface area contributed by atoms with E-state index >= 15 is 0 Å². The van der Waals surface area contributed by atoms with Crippen LogP contribution in [0.5, 0.6) is 0 Å². The average molecular weight is 376 g/mol. The second kappa shape index (κ2) is 7.50. The van der Waals surface area contributed by atoms with Crippen LogP contribution in [0.3, 0.4) is 0 Å². The van der Waals surface area contributed by atoms with E-state index in [-0.39, 0.29) is 24.4 Å². The van der Waals surface area contributed by atoms with Crippen molar-refractivity contribution in [1.82, 2.24) is 10.1 Å². The Hall–Kier alpha value is -2.34. The van der Waals surface area contributed by atoms with Crippen LogP contribution in [-0.2, 0) is 16.0 Å². The molecular weight excluding hydrogens is 354 g/mol. The number of rotatable bonds is 4. The Morgan fingerprint density at radius 3 is 2.81 bits per heavy atom. The maximum atomic E-state index is 12.7. The Bertz CT molecular complexity index is 814. The van der Waals surface area contributed by atoms with Gasteiger partial charge in [-0.2, -0.15) is 0 Å². The average Bonchev–Trinajstić information content (AvgIpc) is 2.92. The molecule has 2 amide bonds. The van der Waals surface area contributed by atoms with E-state index in [1.54, 1.807) is 21.9 Å². The maximum Gasteiger partial charge on any atom is 0.246 e. The zero-order chi connectivity index (χ0) is 18.8. The van der Waals surface area contributed by atoms with Crippen molar-refractivity contribution in [3.63, 3.8) is 0 Å². The van der Waals surface area contributed by atoms with E-state index in [0.29, 0.717) is 24.4 Å². The number of aromatic nitrogens is 1. The number of carbonyl (C=O) groups is 2. The summed E-state index contributed by atoms with van der Waals surface area (Å²) in [5, 5.41) is 4.50. The molecule has 26 heavy (non-hydrogen) atoms. The third-order valence-electron chi connectivity index (χ3n) is 4.80. The zero-order valence-electron chi connectivity index (χ0n) is 15.2. The minimum absolute atomic E-state index is 0.0309. The summed E-state index contributed by atoms with van der Waals surface area (Å²) in [6.45, 7) is 6.20. The van der Waals surface area contributed by atoms with Gasteiger partial charge in [-0.3, -0.25) is 9.59 Å². The number of benzene rings is 1. The van der Waals surface area contributed by atoms with Crippen molar-refractivity contribution in [3.8, 4) is 0 Å². The van der Waals surface area contributed by atoms with Crippen LogP contribution >= 0.6 is 11.6 Å². The van der Waals surface area contributed by atoms with Crippen LogP contribution < -0.4 is 4.90 Å². The van der Waals surface area contributed by atoms with E-state index < -0.39 is 0 Å². The Balaban J connectivity index is 1.65. The smallest absolute Gasteiger partial charge is 0.246 e. The van der Waals surface area contributed by atoms with E-state index in [4.69, 9.17) is 16.1 Å². The second-order valence-electron chi connectivity index (χ2n) is 6.66. The highest BCUT2D eigenvalue weighted by Crippen LogP contribution is 2.24. The molecule has 1 fully saturated rings. The maximum absolute atomic E-state index is 12.7. The summed E-state index contributed by atoms with van der Waals surface area (Å²) in [7, 11) is 0. The first-order chi connectivity index (χ1) is 12.4. The topological polar surface area (TPSA) is 66.7 Å². The molecule has 3 rings (SSSR count). The SMILES string of the molecule is Cc1noc(C)c1CCC(=O)N1CC(=O)N(c2cccc(Cl)c2)C[C@H]1C. The van der Waals surface area contributed by atoms with Crippen molar-refractivity contribution in [2.75, 3.05) is 18.0 Å². The first-order valence-electron chi connectivity index (χ1n) is 8.64. The fourth-order valence-electron chi connectivity index (χ4n) is 3.31. The monoisotopic (exact) mass is 375 g/mol. The molecule has 1 aromatic carbocycles. The van der Waals surface area contributed by atoms with Gasteiger partial charge in [-0.1, -0.05) is 22.8 Å².